The van der Waals surface area contributed by atoms with Crippen LogP contribution in [-0.4, -0.2) is 23.2 Å². The molecule has 3 aromatic rings. The zero-order valence-electron chi connectivity index (χ0n) is 22.7. The number of unbranched alkanes of at least 4 members (excludes halogenated alkanes) is 2. The summed E-state index contributed by atoms with van der Waals surface area (Å²) in [6.07, 6.45) is 13.2. The maximum atomic E-state index is 6.53. The second kappa shape index (κ2) is 15.3. The minimum Gasteiger partial charge on any atom is -0.492 e. The maximum absolute atomic E-state index is 6.53. The lowest BCUT2D eigenvalue weighted by atomic mass is 9.99. The van der Waals surface area contributed by atoms with Crippen LogP contribution >= 0.6 is 0 Å². The highest BCUT2D eigenvalue weighted by molar-refractivity contribution is 5.79. The lowest BCUT2D eigenvalue weighted by Gasteiger charge is -2.21. The molecule has 3 rings (SSSR count). The van der Waals surface area contributed by atoms with Gasteiger partial charge in [-0.15, -0.1) is 0 Å². The summed E-state index contributed by atoms with van der Waals surface area (Å²) < 4.78 is 13.1. The van der Waals surface area contributed by atoms with Crippen LogP contribution in [0, 0.1) is 11.8 Å². The third kappa shape index (κ3) is 8.08. The van der Waals surface area contributed by atoms with Crippen molar-refractivity contribution in [1.82, 2.24) is 9.97 Å². The molecular formula is C32H44N2O2. The van der Waals surface area contributed by atoms with Crippen molar-refractivity contribution in [1.29, 1.82) is 0 Å². The van der Waals surface area contributed by atoms with Crippen LogP contribution < -0.4 is 9.47 Å². The van der Waals surface area contributed by atoms with Crippen LogP contribution in [0.5, 0.6) is 11.5 Å². The van der Waals surface area contributed by atoms with E-state index >= 15 is 0 Å². The molecule has 194 valence electrons. The smallest absolute Gasteiger partial charge is 0.132 e. The highest BCUT2D eigenvalue weighted by Crippen LogP contribution is 2.40. The van der Waals surface area contributed by atoms with E-state index in [9.17, 15) is 0 Å². The largest absolute Gasteiger partial charge is 0.492 e. The van der Waals surface area contributed by atoms with Crippen LogP contribution in [0.1, 0.15) is 79.1 Å². The van der Waals surface area contributed by atoms with E-state index in [4.69, 9.17) is 9.47 Å². The van der Waals surface area contributed by atoms with Gasteiger partial charge >= 0.3 is 0 Å². The number of hydrogen-bond acceptors (Lipinski definition) is 4. The Kier molecular flexibility index (Phi) is 11.8. The number of rotatable bonds is 16. The summed E-state index contributed by atoms with van der Waals surface area (Å²) in [6, 6.07) is 16.2. The van der Waals surface area contributed by atoms with Crippen LogP contribution in [0.3, 0.4) is 0 Å². The zero-order chi connectivity index (χ0) is 25.6. The number of ether oxygens (including phenoxy) is 2. The van der Waals surface area contributed by atoms with Gasteiger partial charge in [0.25, 0.3) is 0 Å². The molecule has 1 aromatic carbocycles. The summed E-state index contributed by atoms with van der Waals surface area (Å²) in [7, 11) is 0. The molecular weight excluding hydrogens is 444 g/mol. The number of benzene rings is 1. The van der Waals surface area contributed by atoms with E-state index in [1.807, 2.05) is 48.8 Å². The Morgan fingerprint density at radius 3 is 1.47 bits per heavy atom. The molecule has 2 unspecified atom stereocenters. The first-order valence-electron chi connectivity index (χ1n) is 14.0. The van der Waals surface area contributed by atoms with Crippen molar-refractivity contribution < 1.29 is 9.47 Å². The van der Waals surface area contributed by atoms with Gasteiger partial charge < -0.3 is 9.47 Å². The Hall–Kier alpha value is -2.88. The summed E-state index contributed by atoms with van der Waals surface area (Å²) in [5.74, 6) is 2.75. The van der Waals surface area contributed by atoms with Crippen LogP contribution in [0.15, 0.2) is 60.9 Å². The van der Waals surface area contributed by atoms with Crippen LogP contribution in [-0.2, 0) is 0 Å². The van der Waals surface area contributed by atoms with Crippen LogP contribution in [0.4, 0.5) is 0 Å². The van der Waals surface area contributed by atoms with Gasteiger partial charge in [0, 0.05) is 29.6 Å². The highest BCUT2D eigenvalue weighted by Gasteiger charge is 2.19. The van der Waals surface area contributed by atoms with Gasteiger partial charge in [-0.2, -0.15) is 0 Å². The molecule has 0 fully saturated rings. The van der Waals surface area contributed by atoms with E-state index in [2.05, 4.69) is 49.8 Å². The van der Waals surface area contributed by atoms with Gasteiger partial charge in [0.15, 0.2) is 0 Å². The van der Waals surface area contributed by atoms with E-state index in [1.165, 1.54) is 38.5 Å². The Labute approximate surface area is 218 Å². The van der Waals surface area contributed by atoms with Crippen LogP contribution in [0.25, 0.3) is 22.5 Å². The molecule has 2 aromatic heterocycles. The molecule has 0 spiro atoms. The predicted molar refractivity (Wildman–Crippen MR) is 151 cm³/mol. The number of pyridine rings is 2. The summed E-state index contributed by atoms with van der Waals surface area (Å²) in [5.41, 5.74) is 3.75. The number of aromatic nitrogens is 2. The lowest BCUT2D eigenvalue weighted by molar-refractivity contribution is 0.224. The average molecular weight is 489 g/mol. The summed E-state index contributed by atoms with van der Waals surface area (Å²) in [5, 5.41) is 0. The quantitative estimate of drug-likeness (QED) is 0.202. The van der Waals surface area contributed by atoms with Crippen molar-refractivity contribution in [3.8, 4) is 34.0 Å². The molecule has 0 saturated carbocycles. The van der Waals surface area contributed by atoms with Crippen molar-refractivity contribution in [2.45, 2.75) is 79.1 Å². The molecule has 0 bridgehead atoms. The molecule has 0 radical (unpaired) electrons. The third-order valence-corrected chi connectivity index (χ3v) is 7.00. The van der Waals surface area contributed by atoms with Gasteiger partial charge in [-0.25, -0.2) is 0 Å². The van der Waals surface area contributed by atoms with E-state index in [0.717, 1.165) is 46.9 Å². The van der Waals surface area contributed by atoms with Gasteiger partial charge in [-0.3, -0.25) is 9.97 Å². The molecule has 0 aliphatic rings. The van der Waals surface area contributed by atoms with Gasteiger partial charge in [-0.1, -0.05) is 78.4 Å². The van der Waals surface area contributed by atoms with Crippen LogP contribution in [0.2, 0.25) is 0 Å². The average Bonchev–Trinajstić information content (AvgIpc) is 2.94. The van der Waals surface area contributed by atoms with Crippen molar-refractivity contribution in [3.63, 3.8) is 0 Å². The molecule has 2 heterocycles. The molecule has 0 saturated heterocycles. The molecule has 4 nitrogen and oxygen atoms in total. The monoisotopic (exact) mass is 488 g/mol. The van der Waals surface area contributed by atoms with Gasteiger partial charge in [-0.05, 0) is 55.0 Å². The predicted octanol–water partition coefficient (Wildman–Crippen LogP) is 9.00. The first kappa shape index (κ1) is 27.7. The minimum absolute atomic E-state index is 0.542. The molecule has 0 amide bonds. The highest BCUT2D eigenvalue weighted by atomic mass is 16.5. The van der Waals surface area contributed by atoms with Gasteiger partial charge in [0.05, 0.1) is 24.6 Å². The topological polar surface area (TPSA) is 44.2 Å². The molecule has 0 aliphatic carbocycles. The summed E-state index contributed by atoms with van der Waals surface area (Å²) >= 11 is 0. The van der Waals surface area contributed by atoms with Crippen molar-refractivity contribution in [3.05, 3.63) is 60.9 Å². The minimum atomic E-state index is 0.542. The van der Waals surface area contributed by atoms with E-state index < -0.39 is 0 Å². The number of hydrogen-bond donors (Lipinski definition) is 0. The Morgan fingerprint density at radius 1 is 0.639 bits per heavy atom. The van der Waals surface area contributed by atoms with Gasteiger partial charge in [0.2, 0.25) is 0 Å². The fourth-order valence-corrected chi connectivity index (χ4v) is 4.46. The maximum Gasteiger partial charge on any atom is 0.132 e. The van der Waals surface area contributed by atoms with E-state index in [1.54, 1.807) is 0 Å². The lowest BCUT2D eigenvalue weighted by Crippen LogP contribution is -2.13. The summed E-state index contributed by atoms with van der Waals surface area (Å²) in [4.78, 5) is 9.30. The molecule has 2 atom stereocenters. The fourth-order valence-electron chi connectivity index (χ4n) is 4.46. The Morgan fingerprint density at radius 2 is 1.11 bits per heavy atom. The van der Waals surface area contributed by atoms with Crippen molar-refractivity contribution in [2.24, 2.45) is 11.8 Å². The van der Waals surface area contributed by atoms with E-state index in [-0.39, 0.29) is 0 Å². The van der Waals surface area contributed by atoms with Gasteiger partial charge in [0.1, 0.15) is 11.5 Å². The Balaban J connectivity index is 2.00. The standard InChI is InChI=1S/C32H44N2O2/c1-5-9-15-25(7-3)23-35-31-22-32(36-24-26(8-4)16-10-6-2)28(30-18-12-14-20-34-30)21-27(31)29-17-11-13-19-33-29/h11-14,17-22,25-26H,5-10,15-16,23-24H2,1-4H3. The first-order valence-corrected chi connectivity index (χ1v) is 14.0. The zero-order valence-corrected chi connectivity index (χ0v) is 22.7. The van der Waals surface area contributed by atoms with Crippen molar-refractivity contribution >= 4 is 0 Å². The van der Waals surface area contributed by atoms with E-state index in [0.29, 0.717) is 25.0 Å². The third-order valence-electron chi connectivity index (χ3n) is 7.00. The fraction of sp³-hybridized carbons (Fsp3) is 0.500. The van der Waals surface area contributed by atoms with Crippen molar-refractivity contribution in [2.75, 3.05) is 13.2 Å². The SMILES string of the molecule is CCCCC(CC)COc1cc(OCC(CC)CCCC)c(-c2ccccn2)cc1-c1ccccn1. The molecule has 4 heteroatoms. The summed E-state index contributed by atoms with van der Waals surface area (Å²) in [6.45, 7) is 10.4. The second-order valence-electron chi connectivity index (χ2n) is 9.73. The number of nitrogens with zero attached hydrogens (tertiary/aromatic N) is 2. The second-order valence-corrected chi connectivity index (χ2v) is 9.73. The normalized spacial score (nSPS) is 12.8. The molecule has 36 heavy (non-hydrogen) atoms. The molecule has 0 aliphatic heterocycles. The first-order chi connectivity index (χ1) is 17.7. The molecule has 0 N–H and O–H groups in total. The Bertz CT molecular complexity index is 929.